The maximum Gasteiger partial charge on any atom is 0.303 e. The van der Waals surface area contributed by atoms with E-state index in [-0.39, 0.29) is 35.4 Å². The molecule has 2 saturated carbocycles. The number of carboxylic acids is 1. The molecule has 4 aliphatic carbocycles. The summed E-state index contributed by atoms with van der Waals surface area (Å²) >= 11 is 0. The number of fused-ring (bicyclic) bond motifs is 4. The van der Waals surface area contributed by atoms with Gasteiger partial charge in [0.2, 0.25) is 0 Å². The Kier molecular flexibility index (Phi) is 5.75. The molecule has 0 amide bonds. The van der Waals surface area contributed by atoms with Crippen molar-refractivity contribution in [3.63, 3.8) is 0 Å². The van der Waals surface area contributed by atoms with Gasteiger partial charge in [0, 0.05) is 12.8 Å². The van der Waals surface area contributed by atoms with Crippen LogP contribution in [0.4, 0.5) is 0 Å². The van der Waals surface area contributed by atoms with Crippen LogP contribution in [-0.4, -0.2) is 50.5 Å². The van der Waals surface area contributed by atoms with E-state index in [1.807, 2.05) is 13.8 Å². The van der Waals surface area contributed by atoms with E-state index in [9.17, 15) is 24.9 Å². The van der Waals surface area contributed by atoms with Crippen LogP contribution in [0.1, 0.15) is 86.5 Å². The molecule has 4 rings (SSSR count). The number of Topliss-reactive ketones (excluding diaryl/α,β-unsaturated/α-hetero) is 1. The van der Waals surface area contributed by atoms with Crippen LogP contribution in [0.2, 0.25) is 0 Å². The van der Waals surface area contributed by atoms with E-state index in [2.05, 4.69) is 27.7 Å². The van der Waals surface area contributed by atoms with Gasteiger partial charge < -0.3 is 20.4 Å². The zero-order valence-electron chi connectivity index (χ0n) is 21.0. The van der Waals surface area contributed by atoms with Crippen LogP contribution in [0.15, 0.2) is 11.1 Å². The van der Waals surface area contributed by atoms with Crippen molar-refractivity contribution in [2.45, 2.75) is 105 Å². The summed E-state index contributed by atoms with van der Waals surface area (Å²) in [6.07, 6.45) is 1.14. The van der Waals surface area contributed by atoms with Gasteiger partial charge in [-0.15, -0.1) is 0 Å². The monoisotopic (exact) mass is 462 g/mol. The zero-order chi connectivity index (χ0) is 24.7. The molecule has 4 aliphatic rings. The summed E-state index contributed by atoms with van der Waals surface area (Å²) in [5, 5.41) is 43.1. The summed E-state index contributed by atoms with van der Waals surface area (Å²) in [5.74, 6) is -0.740. The SMILES string of the molecule is CC(CCC(=O)O)[C@@H]1CC(=O)[C@@]2(C)C3=C([C@@H](O)C[C@]12C)[C@@]1(C)CC[C@H](O)C(C)(C)C1C[C@@H]3O. The summed E-state index contributed by atoms with van der Waals surface area (Å²) < 4.78 is 0. The number of hydrogen-bond acceptors (Lipinski definition) is 5. The number of rotatable bonds is 4. The maximum atomic E-state index is 13.8. The Morgan fingerprint density at radius 3 is 2.30 bits per heavy atom. The Bertz CT molecular complexity index is 891. The molecular formula is C27H42O6. The lowest BCUT2D eigenvalue weighted by atomic mass is 9.42. The first-order valence-electron chi connectivity index (χ1n) is 12.7. The lowest BCUT2D eigenvalue weighted by Crippen LogP contribution is -2.61. The number of aliphatic carboxylic acids is 1. The average Bonchev–Trinajstić information content (AvgIpc) is 2.92. The Balaban J connectivity index is 1.84. The van der Waals surface area contributed by atoms with E-state index in [1.54, 1.807) is 0 Å². The lowest BCUT2D eigenvalue weighted by molar-refractivity contribution is -0.140. The number of carboxylic acid groups (broad SMARTS) is 1. The number of carbonyl (C=O) groups excluding carboxylic acids is 1. The van der Waals surface area contributed by atoms with Gasteiger partial charge >= 0.3 is 5.97 Å². The molecular weight excluding hydrogens is 420 g/mol. The molecule has 33 heavy (non-hydrogen) atoms. The van der Waals surface area contributed by atoms with E-state index in [0.717, 1.165) is 17.6 Å². The van der Waals surface area contributed by atoms with Gasteiger partial charge in [-0.25, -0.2) is 0 Å². The van der Waals surface area contributed by atoms with Gasteiger partial charge in [-0.2, -0.15) is 0 Å². The van der Waals surface area contributed by atoms with Crippen LogP contribution in [0, 0.1) is 39.4 Å². The van der Waals surface area contributed by atoms with E-state index in [4.69, 9.17) is 5.11 Å². The van der Waals surface area contributed by atoms with Gasteiger partial charge in [0.05, 0.1) is 23.7 Å². The highest BCUT2D eigenvalue weighted by atomic mass is 16.4. The molecule has 4 N–H and O–H groups in total. The molecule has 0 spiro atoms. The fraction of sp³-hybridized carbons (Fsp3) is 0.852. The molecule has 0 radical (unpaired) electrons. The van der Waals surface area contributed by atoms with E-state index < -0.39 is 40.5 Å². The van der Waals surface area contributed by atoms with Crippen molar-refractivity contribution < 1.29 is 30.0 Å². The van der Waals surface area contributed by atoms with Gasteiger partial charge in [-0.1, -0.05) is 34.6 Å². The number of aliphatic hydroxyl groups is 3. The minimum atomic E-state index is -0.878. The first-order valence-corrected chi connectivity index (χ1v) is 12.7. The zero-order valence-corrected chi connectivity index (χ0v) is 21.0. The third-order valence-electron chi connectivity index (χ3n) is 11.1. The molecule has 2 fully saturated rings. The first-order chi connectivity index (χ1) is 15.1. The van der Waals surface area contributed by atoms with Crippen molar-refractivity contribution in [2.24, 2.45) is 39.4 Å². The van der Waals surface area contributed by atoms with E-state index >= 15 is 0 Å². The van der Waals surface area contributed by atoms with E-state index in [0.29, 0.717) is 32.1 Å². The lowest BCUT2D eigenvalue weighted by Gasteiger charge is -2.63. The second-order valence-electron chi connectivity index (χ2n) is 12.8. The molecule has 0 aromatic carbocycles. The van der Waals surface area contributed by atoms with Crippen molar-refractivity contribution in [3.05, 3.63) is 11.1 Å². The van der Waals surface area contributed by atoms with Crippen molar-refractivity contribution >= 4 is 11.8 Å². The van der Waals surface area contributed by atoms with Gasteiger partial charge in [0.25, 0.3) is 0 Å². The highest BCUT2D eigenvalue weighted by molar-refractivity contribution is 5.92. The van der Waals surface area contributed by atoms with Gasteiger partial charge in [0.1, 0.15) is 5.78 Å². The molecule has 0 saturated heterocycles. The number of carbonyl (C=O) groups is 2. The average molecular weight is 463 g/mol. The molecule has 0 bridgehead atoms. The molecule has 0 heterocycles. The van der Waals surface area contributed by atoms with Crippen LogP contribution in [0.25, 0.3) is 0 Å². The van der Waals surface area contributed by atoms with Crippen molar-refractivity contribution in [1.29, 1.82) is 0 Å². The number of aliphatic hydroxyl groups excluding tert-OH is 3. The van der Waals surface area contributed by atoms with Crippen LogP contribution in [-0.2, 0) is 9.59 Å². The standard InChI is InChI=1S/C27H42O6/c1-14(7-8-21(32)33)15-11-20(31)27(6)23-16(28)12-18-24(2,3)19(30)9-10-25(18,4)22(23)17(29)13-26(15,27)5/h14-19,28-30H,7-13H2,1-6H3,(H,32,33)/t14?,15-,16-,17-,18?,19-,25-,26+,27-/m0/s1. The normalized spacial score (nSPS) is 47.5. The van der Waals surface area contributed by atoms with Crippen LogP contribution in [0.3, 0.4) is 0 Å². The van der Waals surface area contributed by atoms with E-state index in [1.165, 1.54) is 0 Å². The smallest absolute Gasteiger partial charge is 0.303 e. The first kappa shape index (κ1) is 24.9. The van der Waals surface area contributed by atoms with Gasteiger partial charge in [-0.05, 0) is 84.2 Å². The fourth-order valence-corrected chi connectivity index (χ4v) is 8.93. The summed E-state index contributed by atoms with van der Waals surface area (Å²) in [6, 6.07) is 0. The molecule has 0 aromatic rings. The summed E-state index contributed by atoms with van der Waals surface area (Å²) in [6.45, 7) is 12.3. The van der Waals surface area contributed by atoms with Gasteiger partial charge in [0.15, 0.2) is 0 Å². The highest BCUT2D eigenvalue weighted by Gasteiger charge is 2.69. The molecule has 6 nitrogen and oxygen atoms in total. The summed E-state index contributed by atoms with van der Waals surface area (Å²) in [7, 11) is 0. The topological polar surface area (TPSA) is 115 Å². The Morgan fingerprint density at radius 2 is 1.70 bits per heavy atom. The predicted molar refractivity (Wildman–Crippen MR) is 124 cm³/mol. The molecule has 9 atom stereocenters. The third kappa shape index (κ3) is 3.16. The minimum absolute atomic E-state index is 0.00639. The molecule has 2 unspecified atom stereocenters. The quantitative estimate of drug-likeness (QED) is 0.474. The second kappa shape index (κ2) is 7.63. The third-order valence-corrected chi connectivity index (χ3v) is 11.1. The Morgan fingerprint density at radius 1 is 1.06 bits per heavy atom. The Hall–Kier alpha value is -1.24. The molecule has 0 aromatic heterocycles. The molecule has 0 aliphatic heterocycles. The van der Waals surface area contributed by atoms with Crippen LogP contribution >= 0.6 is 0 Å². The van der Waals surface area contributed by atoms with Gasteiger partial charge in [-0.3, -0.25) is 9.59 Å². The van der Waals surface area contributed by atoms with Crippen LogP contribution < -0.4 is 0 Å². The number of hydrogen-bond donors (Lipinski definition) is 4. The van der Waals surface area contributed by atoms with Crippen molar-refractivity contribution in [2.75, 3.05) is 0 Å². The highest BCUT2D eigenvalue weighted by Crippen LogP contribution is 2.71. The van der Waals surface area contributed by atoms with Crippen molar-refractivity contribution in [1.82, 2.24) is 0 Å². The summed E-state index contributed by atoms with van der Waals surface area (Å²) in [4.78, 5) is 24.9. The molecule has 6 heteroatoms. The molecule has 186 valence electrons. The largest absolute Gasteiger partial charge is 0.481 e. The van der Waals surface area contributed by atoms with Crippen molar-refractivity contribution in [3.8, 4) is 0 Å². The number of ketones is 1. The minimum Gasteiger partial charge on any atom is -0.481 e. The second-order valence-corrected chi connectivity index (χ2v) is 12.8. The fourth-order valence-electron chi connectivity index (χ4n) is 8.93. The maximum absolute atomic E-state index is 13.8. The summed E-state index contributed by atoms with van der Waals surface area (Å²) in [5.41, 5.74) is -0.632. The predicted octanol–water partition coefficient (Wildman–Crippen LogP) is 3.72. The Labute approximate surface area is 197 Å². The van der Waals surface area contributed by atoms with Crippen LogP contribution in [0.5, 0.6) is 0 Å².